The van der Waals surface area contributed by atoms with Gasteiger partial charge in [0.2, 0.25) is 0 Å². The molecule has 0 spiro atoms. The Hall–Kier alpha value is -0.710. The van der Waals surface area contributed by atoms with Crippen LogP contribution in [-0.2, 0) is 0 Å². The molecular weight excluding hydrogens is 297 g/mol. The van der Waals surface area contributed by atoms with E-state index in [1.807, 2.05) is 0 Å². The van der Waals surface area contributed by atoms with E-state index < -0.39 is 5.60 Å². The molecule has 1 heterocycles. The van der Waals surface area contributed by atoms with Gasteiger partial charge in [-0.2, -0.15) is 0 Å². The van der Waals surface area contributed by atoms with Gasteiger partial charge in [-0.05, 0) is 18.9 Å². The predicted molar refractivity (Wildman–Crippen MR) is 84.9 cm³/mol. The first-order chi connectivity index (χ1) is 9.54. The van der Waals surface area contributed by atoms with E-state index in [2.05, 4.69) is 15.6 Å². The molecule has 112 valence electrons. The van der Waals surface area contributed by atoms with Gasteiger partial charge >= 0.3 is 0 Å². The zero-order valence-corrected chi connectivity index (χ0v) is 13.2. The van der Waals surface area contributed by atoms with Gasteiger partial charge in [0.25, 0.3) is 0 Å². The van der Waals surface area contributed by atoms with Crippen molar-refractivity contribution in [2.24, 2.45) is 0 Å². The summed E-state index contributed by atoms with van der Waals surface area (Å²) >= 11 is 12.1. The summed E-state index contributed by atoms with van der Waals surface area (Å²) in [5, 5.41) is 17.6. The topological polar surface area (TPSA) is 57.2 Å². The van der Waals surface area contributed by atoms with Crippen molar-refractivity contribution in [3.63, 3.8) is 0 Å². The van der Waals surface area contributed by atoms with Crippen LogP contribution in [-0.4, -0.2) is 29.3 Å². The van der Waals surface area contributed by atoms with Crippen LogP contribution in [0.1, 0.15) is 38.5 Å². The minimum Gasteiger partial charge on any atom is -0.388 e. The van der Waals surface area contributed by atoms with Gasteiger partial charge in [0, 0.05) is 13.6 Å². The standard InChI is InChI=1S/C14H21Cl2N3O/c1-17-12-10(15)8-11(16)13(19-12)18-9-14(20)6-4-2-3-5-7-14/h8,20H,2-7,9H2,1H3,(H2,17,18,19). The fourth-order valence-corrected chi connectivity index (χ4v) is 3.10. The first kappa shape index (κ1) is 15.7. The van der Waals surface area contributed by atoms with Crippen molar-refractivity contribution < 1.29 is 5.11 Å². The molecule has 0 saturated heterocycles. The molecule has 0 unspecified atom stereocenters. The third-order valence-corrected chi connectivity index (χ3v) is 4.36. The van der Waals surface area contributed by atoms with Gasteiger partial charge in [0.1, 0.15) is 11.6 Å². The first-order valence-electron chi connectivity index (χ1n) is 7.04. The zero-order valence-electron chi connectivity index (χ0n) is 11.7. The number of aliphatic hydroxyl groups is 1. The molecule has 1 aromatic rings. The fraction of sp³-hybridized carbons (Fsp3) is 0.643. The van der Waals surface area contributed by atoms with Crippen LogP contribution in [0, 0.1) is 0 Å². The Bertz CT molecular complexity index is 460. The van der Waals surface area contributed by atoms with E-state index >= 15 is 0 Å². The lowest BCUT2D eigenvalue weighted by atomic mass is 9.94. The smallest absolute Gasteiger partial charge is 0.147 e. The Balaban J connectivity index is 2.06. The fourth-order valence-electron chi connectivity index (χ4n) is 2.58. The number of anilines is 2. The van der Waals surface area contributed by atoms with E-state index in [-0.39, 0.29) is 0 Å². The van der Waals surface area contributed by atoms with Gasteiger partial charge < -0.3 is 15.7 Å². The summed E-state index contributed by atoms with van der Waals surface area (Å²) in [5.74, 6) is 1.13. The minimum atomic E-state index is -0.666. The number of rotatable bonds is 4. The van der Waals surface area contributed by atoms with Crippen molar-refractivity contribution in [1.82, 2.24) is 4.98 Å². The highest BCUT2D eigenvalue weighted by Crippen LogP contribution is 2.31. The van der Waals surface area contributed by atoms with E-state index in [1.165, 1.54) is 12.8 Å². The Morgan fingerprint density at radius 2 is 1.75 bits per heavy atom. The number of halogens is 2. The average Bonchev–Trinajstić information content (AvgIpc) is 2.63. The molecule has 20 heavy (non-hydrogen) atoms. The van der Waals surface area contributed by atoms with Gasteiger partial charge in [-0.1, -0.05) is 48.9 Å². The summed E-state index contributed by atoms with van der Waals surface area (Å²) in [6.45, 7) is 0.463. The van der Waals surface area contributed by atoms with Crippen molar-refractivity contribution in [1.29, 1.82) is 0 Å². The molecule has 0 amide bonds. The second-order valence-corrected chi connectivity index (χ2v) is 6.21. The maximum absolute atomic E-state index is 10.6. The van der Waals surface area contributed by atoms with Crippen LogP contribution < -0.4 is 10.6 Å². The highest BCUT2D eigenvalue weighted by Gasteiger charge is 2.28. The lowest BCUT2D eigenvalue weighted by molar-refractivity contribution is 0.0380. The number of aromatic nitrogens is 1. The number of hydrogen-bond donors (Lipinski definition) is 3. The Morgan fingerprint density at radius 3 is 2.35 bits per heavy atom. The number of nitrogens with one attached hydrogen (secondary N) is 2. The number of pyridine rings is 1. The molecule has 0 radical (unpaired) electrons. The van der Waals surface area contributed by atoms with Gasteiger partial charge in [0.15, 0.2) is 0 Å². The molecule has 0 bridgehead atoms. The van der Waals surface area contributed by atoms with Crippen LogP contribution in [0.25, 0.3) is 0 Å². The first-order valence-corrected chi connectivity index (χ1v) is 7.80. The summed E-state index contributed by atoms with van der Waals surface area (Å²) in [6, 6.07) is 1.65. The molecule has 2 rings (SSSR count). The molecule has 0 aromatic carbocycles. The highest BCUT2D eigenvalue weighted by atomic mass is 35.5. The zero-order chi connectivity index (χ0) is 14.6. The number of nitrogens with zero attached hydrogens (tertiary/aromatic N) is 1. The molecule has 0 atom stereocenters. The largest absolute Gasteiger partial charge is 0.388 e. The van der Waals surface area contributed by atoms with E-state index in [1.54, 1.807) is 13.1 Å². The second-order valence-electron chi connectivity index (χ2n) is 5.39. The molecule has 0 aliphatic heterocycles. The van der Waals surface area contributed by atoms with Crippen molar-refractivity contribution >= 4 is 34.8 Å². The minimum absolute atomic E-state index is 0.463. The molecule has 1 aromatic heterocycles. The Labute approximate surface area is 129 Å². The Morgan fingerprint density at radius 1 is 1.15 bits per heavy atom. The second kappa shape index (κ2) is 6.83. The lowest BCUT2D eigenvalue weighted by Gasteiger charge is -2.27. The third-order valence-electron chi connectivity index (χ3n) is 3.79. The van der Waals surface area contributed by atoms with Crippen LogP contribution >= 0.6 is 23.2 Å². The van der Waals surface area contributed by atoms with Gasteiger partial charge in [-0.25, -0.2) is 4.98 Å². The molecule has 1 fully saturated rings. The predicted octanol–water partition coefficient (Wildman–Crippen LogP) is 3.93. The quantitative estimate of drug-likeness (QED) is 0.736. The molecule has 4 nitrogen and oxygen atoms in total. The van der Waals surface area contributed by atoms with Crippen molar-refractivity contribution in [3.05, 3.63) is 16.1 Å². The highest BCUT2D eigenvalue weighted by molar-refractivity contribution is 6.37. The van der Waals surface area contributed by atoms with E-state index in [4.69, 9.17) is 23.2 Å². The van der Waals surface area contributed by atoms with Crippen LogP contribution in [0.5, 0.6) is 0 Å². The molecule has 6 heteroatoms. The van der Waals surface area contributed by atoms with Gasteiger partial charge in [0.05, 0.1) is 15.6 Å². The Kier molecular flexibility index (Phi) is 5.35. The van der Waals surface area contributed by atoms with Crippen molar-refractivity contribution in [2.45, 2.75) is 44.1 Å². The molecule has 1 aliphatic carbocycles. The number of hydrogen-bond acceptors (Lipinski definition) is 4. The van der Waals surface area contributed by atoms with Crippen LogP contribution in [0.2, 0.25) is 10.0 Å². The summed E-state index contributed by atoms with van der Waals surface area (Å²) in [4.78, 5) is 4.33. The summed E-state index contributed by atoms with van der Waals surface area (Å²) < 4.78 is 0. The molecular formula is C14H21Cl2N3O. The monoisotopic (exact) mass is 317 g/mol. The summed E-state index contributed by atoms with van der Waals surface area (Å²) in [6.07, 6.45) is 6.19. The van der Waals surface area contributed by atoms with Crippen LogP contribution in [0.3, 0.4) is 0 Å². The van der Waals surface area contributed by atoms with Crippen LogP contribution in [0.4, 0.5) is 11.6 Å². The molecule has 1 aliphatic rings. The molecule has 3 N–H and O–H groups in total. The average molecular weight is 318 g/mol. The lowest BCUT2D eigenvalue weighted by Crippen LogP contribution is -2.36. The SMILES string of the molecule is CNc1nc(NCC2(O)CCCCCC2)c(Cl)cc1Cl. The van der Waals surface area contributed by atoms with Gasteiger partial charge in [-0.15, -0.1) is 0 Å². The van der Waals surface area contributed by atoms with E-state index in [0.29, 0.717) is 28.2 Å². The van der Waals surface area contributed by atoms with E-state index in [0.717, 1.165) is 25.7 Å². The van der Waals surface area contributed by atoms with Gasteiger partial charge in [-0.3, -0.25) is 0 Å². The van der Waals surface area contributed by atoms with Crippen molar-refractivity contribution in [3.8, 4) is 0 Å². The van der Waals surface area contributed by atoms with Crippen LogP contribution in [0.15, 0.2) is 6.07 Å². The summed E-state index contributed by atoms with van der Waals surface area (Å²) in [5.41, 5.74) is -0.666. The van der Waals surface area contributed by atoms with E-state index in [9.17, 15) is 5.11 Å². The third kappa shape index (κ3) is 3.90. The van der Waals surface area contributed by atoms with Crippen molar-refractivity contribution in [2.75, 3.05) is 24.2 Å². The normalized spacial score (nSPS) is 18.4. The molecule has 1 saturated carbocycles. The maximum Gasteiger partial charge on any atom is 0.147 e. The maximum atomic E-state index is 10.6. The summed E-state index contributed by atoms with van der Waals surface area (Å²) in [7, 11) is 1.75.